The van der Waals surface area contributed by atoms with Crippen LogP contribution in [-0.2, 0) is 32.6 Å². The van der Waals surface area contributed by atoms with Crippen LogP contribution in [0.25, 0.3) is 0 Å². The fourth-order valence-corrected chi connectivity index (χ4v) is 5.99. The second-order valence-corrected chi connectivity index (χ2v) is 12.2. The van der Waals surface area contributed by atoms with E-state index in [4.69, 9.17) is 4.74 Å². The lowest BCUT2D eigenvalue weighted by atomic mass is 10.0. The first-order valence-electron chi connectivity index (χ1n) is 13.6. The lowest BCUT2D eigenvalue weighted by Crippen LogP contribution is -2.54. The van der Waals surface area contributed by atoms with Crippen molar-refractivity contribution in [3.63, 3.8) is 0 Å². The molecule has 218 valence electrons. The second kappa shape index (κ2) is 13.6. The highest BCUT2D eigenvalue weighted by atomic mass is 32.2. The second-order valence-electron chi connectivity index (χ2n) is 10.3. The molecular formula is C31H36FN3O5S. The van der Waals surface area contributed by atoms with Gasteiger partial charge in [0.15, 0.2) is 0 Å². The average molecular weight is 582 g/mol. The highest BCUT2D eigenvalue weighted by Crippen LogP contribution is 2.24. The molecule has 8 nitrogen and oxygen atoms in total. The van der Waals surface area contributed by atoms with Crippen molar-refractivity contribution in [1.29, 1.82) is 0 Å². The highest BCUT2D eigenvalue weighted by Gasteiger charge is 2.34. The summed E-state index contributed by atoms with van der Waals surface area (Å²) in [5.74, 6) is -1.14. The quantitative estimate of drug-likeness (QED) is 0.344. The molecule has 1 aliphatic rings. The van der Waals surface area contributed by atoms with Crippen LogP contribution in [-0.4, -0.2) is 57.1 Å². The molecule has 41 heavy (non-hydrogen) atoms. The first-order valence-corrected chi connectivity index (χ1v) is 15.5. The van der Waals surface area contributed by atoms with Crippen molar-refractivity contribution in [1.82, 2.24) is 10.2 Å². The summed E-state index contributed by atoms with van der Waals surface area (Å²) >= 11 is 0. The maximum atomic E-state index is 14.7. The van der Waals surface area contributed by atoms with Crippen LogP contribution in [0.3, 0.4) is 0 Å². The highest BCUT2D eigenvalue weighted by molar-refractivity contribution is 7.92. The van der Waals surface area contributed by atoms with E-state index >= 15 is 0 Å². The molecule has 0 saturated heterocycles. The molecule has 3 aromatic carbocycles. The summed E-state index contributed by atoms with van der Waals surface area (Å²) in [6.45, 7) is -0.660. The summed E-state index contributed by atoms with van der Waals surface area (Å²) in [4.78, 5) is 29.3. The lowest BCUT2D eigenvalue weighted by Gasteiger charge is -2.34. The summed E-state index contributed by atoms with van der Waals surface area (Å²) in [6.07, 6.45) is 4.91. The van der Waals surface area contributed by atoms with Gasteiger partial charge >= 0.3 is 0 Å². The van der Waals surface area contributed by atoms with Crippen molar-refractivity contribution in [2.75, 3.05) is 24.2 Å². The first-order chi connectivity index (χ1) is 19.7. The van der Waals surface area contributed by atoms with Gasteiger partial charge in [-0.25, -0.2) is 12.8 Å². The van der Waals surface area contributed by atoms with Gasteiger partial charge in [0.1, 0.15) is 24.2 Å². The molecular weight excluding hydrogens is 545 g/mol. The summed E-state index contributed by atoms with van der Waals surface area (Å²) < 4.78 is 46.5. The fraction of sp³-hybridized carbons (Fsp3) is 0.355. The van der Waals surface area contributed by atoms with Crippen molar-refractivity contribution in [3.05, 3.63) is 95.8 Å². The molecule has 1 saturated carbocycles. The molecule has 0 aliphatic heterocycles. The normalized spacial score (nSPS) is 14.3. The predicted molar refractivity (Wildman–Crippen MR) is 156 cm³/mol. The van der Waals surface area contributed by atoms with Crippen molar-refractivity contribution in [2.45, 2.75) is 50.7 Å². The van der Waals surface area contributed by atoms with E-state index in [9.17, 15) is 22.4 Å². The Morgan fingerprint density at radius 1 is 0.976 bits per heavy atom. The van der Waals surface area contributed by atoms with E-state index < -0.39 is 34.3 Å². The molecule has 1 N–H and O–H groups in total. The molecule has 3 aromatic rings. The first kappa shape index (κ1) is 30.0. The van der Waals surface area contributed by atoms with Crippen molar-refractivity contribution in [2.24, 2.45) is 0 Å². The van der Waals surface area contributed by atoms with E-state index in [-0.39, 0.29) is 30.6 Å². The molecule has 0 unspecified atom stereocenters. The van der Waals surface area contributed by atoms with Crippen LogP contribution in [0, 0.1) is 5.82 Å². The van der Waals surface area contributed by atoms with Crippen molar-refractivity contribution >= 4 is 27.5 Å². The van der Waals surface area contributed by atoms with Crippen LogP contribution >= 0.6 is 0 Å². The van der Waals surface area contributed by atoms with E-state index in [1.165, 1.54) is 30.2 Å². The molecule has 10 heteroatoms. The van der Waals surface area contributed by atoms with Crippen LogP contribution in [0.5, 0.6) is 5.75 Å². The monoisotopic (exact) mass is 581 g/mol. The Labute approximate surface area is 241 Å². The maximum absolute atomic E-state index is 14.7. The number of nitrogens with zero attached hydrogens (tertiary/aromatic N) is 2. The molecule has 4 rings (SSSR count). The SMILES string of the molecule is COc1cccc(CN(C(=O)CN(c2ccccc2F)S(C)(=O)=O)[C@H](Cc2ccccc2)C(=O)NC2CCCC2)c1. The maximum Gasteiger partial charge on any atom is 0.244 e. The molecule has 1 aliphatic carbocycles. The van der Waals surface area contributed by atoms with E-state index in [1.807, 2.05) is 36.4 Å². The Kier molecular flexibility index (Phi) is 9.99. The number of benzene rings is 3. The van der Waals surface area contributed by atoms with Crippen LogP contribution in [0.2, 0.25) is 0 Å². The number of halogens is 1. The van der Waals surface area contributed by atoms with Gasteiger partial charge in [-0.15, -0.1) is 0 Å². The number of hydrogen-bond acceptors (Lipinski definition) is 5. The van der Waals surface area contributed by atoms with Gasteiger partial charge in [0, 0.05) is 19.0 Å². The molecule has 0 heterocycles. The number of sulfonamides is 1. The van der Waals surface area contributed by atoms with Gasteiger partial charge in [0.25, 0.3) is 0 Å². The zero-order chi connectivity index (χ0) is 29.4. The topological polar surface area (TPSA) is 96.0 Å². The number of rotatable bonds is 12. The molecule has 1 fully saturated rings. The zero-order valence-electron chi connectivity index (χ0n) is 23.3. The van der Waals surface area contributed by atoms with E-state index in [0.717, 1.165) is 47.9 Å². The molecule has 0 spiro atoms. The van der Waals surface area contributed by atoms with Gasteiger partial charge in [-0.1, -0.05) is 67.4 Å². The third kappa shape index (κ3) is 8.07. The minimum Gasteiger partial charge on any atom is -0.497 e. The van der Waals surface area contributed by atoms with E-state index in [0.29, 0.717) is 11.3 Å². The summed E-state index contributed by atoms with van der Waals surface area (Å²) in [6, 6.07) is 20.9. The molecule has 0 bridgehead atoms. The Bertz CT molecular complexity index is 1440. The van der Waals surface area contributed by atoms with Gasteiger partial charge in [0.05, 0.1) is 19.1 Å². The van der Waals surface area contributed by atoms with E-state index in [2.05, 4.69) is 5.32 Å². The minimum atomic E-state index is -4.05. The summed E-state index contributed by atoms with van der Waals surface area (Å²) in [7, 11) is -2.52. The number of carbonyl (C=O) groups is 2. The number of para-hydroxylation sites is 1. The van der Waals surface area contributed by atoms with Crippen LogP contribution < -0.4 is 14.4 Å². The number of hydrogen-bond donors (Lipinski definition) is 1. The number of anilines is 1. The van der Waals surface area contributed by atoms with Crippen molar-refractivity contribution in [3.8, 4) is 5.75 Å². The summed E-state index contributed by atoms with van der Waals surface area (Å²) in [5.41, 5.74) is 1.30. The lowest BCUT2D eigenvalue weighted by molar-refractivity contribution is -0.140. The number of methoxy groups -OCH3 is 1. The Balaban J connectivity index is 1.74. The standard InChI is InChI=1S/C31H36FN3O5S/c1-40-26-16-10-13-24(19-26)21-34(30(36)22-35(41(2,38)39)28-18-9-8-17-27(28)32)29(20-23-11-4-3-5-12-23)31(37)33-25-14-6-7-15-25/h3-5,8-13,16-19,25,29H,6-7,14-15,20-22H2,1-2H3,(H,33,37)/t29-/m1/s1. The van der Waals surface area contributed by atoms with Gasteiger partial charge in [-0.2, -0.15) is 0 Å². The molecule has 0 radical (unpaired) electrons. The minimum absolute atomic E-state index is 0.0143. The molecule has 1 atom stereocenters. The van der Waals surface area contributed by atoms with Crippen LogP contribution in [0.4, 0.5) is 10.1 Å². The Morgan fingerprint density at radius 3 is 2.29 bits per heavy atom. The molecule has 0 aromatic heterocycles. The van der Waals surface area contributed by atoms with E-state index in [1.54, 1.807) is 18.2 Å². The van der Waals surface area contributed by atoms with Gasteiger partial charge in [-0.3, -0.25) is 13.9 Å². The fourth-order valence-electron chi connectivity index (χ4n) is 5.14. The third-order valence-electron chi connectivity index (χ3n) is 7.26. The zero-order valence-corrected chi connectivity index (χ0v) is 24.1. The largest absolute Gasteiger partial charge is 0.497 e. The van der Waals surface area contributed by atoms with Gasteiger partial charge in [-0.05, 0) is 48.2 Å². The third-order valence-corrected chi connectivity index (χ3v) is 8.39. The summed E-state index contributed by atoms with van der Waals surface area (Å²) in [5, 5.41) is 3.12. The number of nitrogens with one attached hydrogen (secondary N) is 1. The van der Waals surface area contributed by atoms with Crippen LogP contribution in [0.1, 0.15) is 36.8 Å². The Morgan fingerprint density at radius 2 is 1.63 bits per heavy atom. The van der Waals surface area contributed by atoms with Crippen molar-refractivity contribution < 1.29 is 27.1 Å². The number of carbonyl (C=O) groups excluding carboxylic acids is 2. The van der Waals surface area contributed by atoms with Gasteiger partial charge < -0.3 is 15.0 Å². The Hall–Kier alpha value is -3.92. The van der Waals surface area contributed by atoms with Crippen LogP contribution in [0.15, 0.2) is 78.9 Å². The smallest absolute Gasteiger partial charge is 0.244 e. The number of ether oxygens (including phenoxy) is 1. The molecule has 2 amide bonds. The average Bonchev–Trinajstić information content (AvgIpc) is 3.47. The van der Waals surface area contributed by atoms with Gasteiger partial charge in [0.2, 0.25) is 21.8 Å². The number of amides is 2. The predicted octanol–water partition coefficient (Wildman–Crippen LogP) is 4.30.